The minimum absolute atomic E-state index is 0.0132. The molecule has 0 amide bonds. The monoisotopic (exact) mass is 300 g/mol. The van der Waals surface area contributed by atoms with Gasteiger partial charge in [0.2, 0.25) is 0 Å². The van der Waals surface area contributed by atoms with Crippen molar-refractivity contribution < 1.29 is 18.3 Å². The number of benzene rings is 2. The van der Waals surface area contributed by atoms with Crippen LogP contribution in [-0.2, 0) is 12.8 Å². The summed E-state index contributed by atoms with van der Waals surface area (Å²) >= 11 is 5.86. The van der Waals surface area contributed by atoms with Crippen molar-refractivity contribution in [1.29, 1.82) is 0 Å². The Hall–Kier alpha value is -1.52. The molecule has 0 aliphatic carbocycles. The first-order chi connectivity index (χ1) is 9.45. The molecule has 0 radical (unpaired) electrons. The van der Waals surface area contributed by atoms with Gasteiger partial charge in [0, 0.05) is 23.1 Å². The van der Waals surface area contributed by atoms with Gasteiger partial charge in [-0.1, -0.05) is 17.7 Å². The second-order valence-corrected chi connectivity index (χ2v) is 4.95. The Kier molecular flexibility index (Phi) is 4.68. The third-order valence-electron chi connectivity index (χ3n) is 2.90. The highest BCUT2D eigenvalue weighted by Gasteiger charge is 2.14. The van der Waals surface area contributed by atoms with E-state index in [1.807, 2.05) is 0 Å². The number of hydrogen-bond acceptors (Lipinski definition) is 1. The van der Waals surface area contributed by atoms with E-state index in [1.165, 1.54) is 18.2 Å². The van der Waals surface area contributed by atoms with E-state index in [0.717, 1.165) is 18.2 Å². The lowest BCUT2D eigenvalue weighted by molar-refractivity contribution is 0.174. The average Bonchev–Trinajstić information content (AvgIpc) is 2.32. The van der Waals surface area contributed by atoms with Crippen molar-refractivity contribution in [3.05, 3.63) is 70.0 Å². The number of hydrogen-bond donors (Lipinski definition) is 1. The fourth-order valence-corrected chi connectivity index (χ4v) is 2.28. The molecule has 2 aromatic carbocycles. The minimum atomic E-state index is -0.981. The van der Waals surface area contributed by atoms with Gasteiger partial charge in [0.1, 0.15) is 17.5 Å². The van der Waals surface area contributed by atoms with Gasteiger partial charge in [0.15, 0.2) is 0 Å². The Bertz CT molecular complexity index is 576. The Labute approximate surface area is 119 Å². The fourth-order valence-electron chi connectivity index (χ4n) is 2.04. The summed E-state index contributed by atoms with van der Waals surface area (Å²) in [6, 6.07) is 7.26. The largest absolute Gasteiger partial charge is 0.392 e. The molecule has 1 nitrogen and oxygen atoms in total. The van der Waals surface area contributed by atoms with Crippen LogP contribution in [-0.4, -0.2) is 11.2 Å². The standard InChI is InChI=1S/C15H12ClF3O/c16-14-2-1-3-15(19)13(14)8-12(20)6-9-4-10(17)7-11(18)5-9/h1-5,7,12,20H,6,8H2. The zero-order valence-electron chi connectivity index (χ0n) is 10.4. The summed E-state index contributed by atoms with van der Waals surface area (Å²) in [7, 11) is 0. The zero-order chi connectivity index (χ0) is 14.7. The molecular weight excluding hydrogens is 289 g/mol. The van der Waals surface area contributed by atoms with Crippen molar-refractivity contribution in [2.24, 2.45) is 0 Å². The first-order valence-electron chi connectivity index (χ1n) is 6.01. The lowest BCUT2D eigenvalue weighted by atomic mass is 10.0. The summed E-state index contributed by atoms with van der Waals surface area (Å²) in [5, 5.41) is 10.1. The quantitative estimate of drug-likeness (QED) is 0.908. The predicted octanol–water partition coefficient (Wildman–Crippen LogP) is 3.90. The number of aliphatic hydroxyl groups is 1. The minimum Gasteiger partial charge on any atom is -0.392 e. The van der Waals surface area contributed by atoms with E-state index in [0.29, 0.717) is 5.56 Å². The third-order valence-corrected chi connectivity index (χ3v) is 3.25. The smallest absolute Gasteiger partial charge is 0.127 e. The summed E-state index contributed by atoms with van der Waals surface area (Å²) < 4.78 is 39.6. The van der Waals surface area contributed by atoms with E-state index in [9.17, 15) is 18.3 Å². The first kappa shape index (κ1) is 14.9. The summed E-state index contributed by atoms with van der Waals surface area (Å²) in [6.07, 6.45) is -0.992. The summed E-state index contributed by atoms with van der Waals surface area (Å²) in [5.74, 6) is -1.94. The van der Waals surface area contributed by atoms with Crippen molar-refractivity contribution >= 4 is 11.6 Å². The molecule has 106 valence electrons. The van der Waals surface area contributed by atoms with Crippen molar-refractivity contribution in [2.75, 3.05) is 0 Å². The topological polar surface area (TPSA) is 20.2 Å². The molecule has 0 aromatic heterocycles. The van der Waals surface area contributed by atoms with Gasteiger partial charge in [-0.2, -0.15) is 0 Å². The SMILES string of the molecule is OC(Cc1cc(F)cc(F)c1)Cc1c(F)cccc1Cl. The molecule has 0 saturated carbocycles. The Morgan fingerprint density at radius 1 is 1.00 bits per heavy atom. The average molecular weight is 301 g/mol. The lowest BCUT2D eigenvalue weighted by Crippen LogP contribution is -2.15. The van der Waals surface area contributed by atoms with Gasteiger partial charge in [0.05, 0.1) is 6.10 Å². The molecule has 0 saturated heterocycles. The molecule has 0 heterocycles. The van der Waals surface area contributed by atoms with E-state index in [4.69, 9.17) is 11.6 Å². The molecule has 0 fully saturated rings. The van der Waals surface area contributed by atoms with Crippen molar-refractivity contribution in [2.45, 2.75) is 18.9 Å². The molecule has 1 atom stereocenters. The van der Waals surface area contributed by atoms with E-state index in [1.54, 1.807) is 0 Å². The second-order valence-electron chi connectivity index (χ2n) is 4.54. The van der Waals surface area contributed by atoms with Gasteiger partial charge in [-0.3, -0.25) is 0 Å². The molecular formula is C15H12ClF3O. The van der Waals surface area contributed by atoms with Crippen LogP contribution in [0.3, 0.4) is 0 Å². The normalized spacial score (nSPS) is 12.4. The van der Waals surface area contributed by atoms with Crippen molar-refractivity contribution in [3.63, 3.8) is 0 Å². The highest BCUT2D eigenvalue weighted by molar-refractivity contribution is 6.31. The summed E-state index contributed by atoms with van der Waals surface area (Å²) in [5.41, 5.74) is 0.501. The Morgan fingerprint density at radius 3 is 2.25 bits per heavy atom. The molecule has 0 spiro atoms. The fraction of sp³-hybridized carbons (Fsp3) is 0.200. The second kappa shape index (κ2) is 6.29. The van der Waals surface area contributed by atoms with Crippen LogP contribution in [0.4, 0.5) is 13.2 Å². The van der Waals surface area contributed by atoms with Gasteiger partial charge in [-0.05, 0) is 36.2 Å². The predicted molar refractivity (Wildman–Crippen MR) is 71.2 cm³/mol. The maximum absolute atomic E-state index is 13.6. The Balaban J connectivity index is 2.11. The molecule has 1 unspecified atom stereocenters. The Morgan fingerprint density at radius 2 is 1.65 bits per heavy atom. The molecule has 1 N–H and O–H groups in total. The van der Waals surface area contributed by atoms with Crippen LogP contribution in [0.25, 0.3) is 0 Å². The highest BCUT2D eigenvalue weighted by Crippen LogP contribution is 2.21. The maximum Gasteiger partial charge on any atom is 0.127 e. The van der Waals surface area contributed by atoms with E-state index in [2.05, 4.69) is 0 Å². The van der Waals surface area contributed by atoms with Crippen LogP contribution in [0.15, 0.2) is 36.4 Å². The molecule has 2 aromatic rings. The molecule has 0 bridgehead atoms. The third kappa shape index (κ3) is 3.74. The van der Waals surface area contributed by atoms with E-state index >= 15 is 0 Å². The van der Waals surface area contributed by atoms with Gasteiger partial charge in [-0.15, -0.1) is 0 Å². The summed E-state index contributed by atoms with van der Waals surface area (Å²) in [6.45, 7) is 0. The van der Waals surface area contributed by atoms with Gasteiger partial charge in [0.25, 0.3) is 0 Å². The molecule has 2 rings (SSSR count). The van der Waals surface area contributed by atoms with Crippen LogP contribution < -0.4 is 0 Å². The lowest BCUT2D eigenvalue weighted by Gasteiger charge is -2.13. The number of aliphatic hydroxyl groups excluding tert-OH is 1. The van der Waals surface area contributed by atoms with Crippen LogP contribution in [0.2, 0.25) is 5.02 Å². The van der Waals surface area contributed by atoms with Crippen molar-refractivity contribution in [1.82, 2.24) is 0 Å². The zero-order valence-corrected chi connectivity index (χ0v) is 11.2. The maximum atomic E-state index is 13.6. The highest BCUT2D eigenvalue weighted by atomic mass is 35.5. The van der Waals surface area contributed by atoms with Gasteiger partial charge in [-0.25, -0.2) is 13.2 Å². The van der Waals surface area contributed by atoms with Gasteiger partial charge < -0.3 is 5.11 Å². The first-order valence-corrected chi connectivity index (χ1v) is 6.39. The molecule has 5 heteroatoms. The van der Waals surface area contributed by atoms with Crippen LogP contribution >= 0.6 is 11.6 Å². The van der Waals surface area contributed by atoms with Crippen LogP contribution in [0.1, 0.15) is 11.1 Å². The van der Waals surface area contributed by atoms with Gasteiger partial charge >= 0.3 is 0 Å². The molecule has 0 aliphatic heterocycles. The van der Waals surface area contributed by atoms with Crippen molar-refractivity contribution in [3.8, 4) is 0 Å². The van der Waals surface area contributed by atoms with Crippen LogP contribution in [0, 0.1) is 17.5 Å². The molecule has 0 aliphatic rings. The molecule has 20 heavy (non-hydrogen) atoms. The number of rotatable bonds is 4. The van der Waals surface area contributed by atoms with E-state index in [-0.39, 0.29) is 23.4 Å². The van der Waals surface area contributed by atoms with E-state index < -0.39 is 23.6 Å². The van der Waals surface area contributed by atoms with Crippen LogP contribution in [0.5, 0.6) is 0 Å². The number of halogens is 4. The summed E-state index contributed by atoms with van der Waals surface area (Å²) in [4.78, 5) is 0.